The largest absolute Gasteiger partial charge is 0.497 e. The molecule has 6 heteroatoms. The van der Waals surface area contributed by atoms with Crippen molar-refractivity contribution in [2.45, 2.75) is 45.1 Å². The molecule has 5 nitrogen and oxygen atoms in total. The van der Waals surface area contributed by atoms with E-state index in [2.05, 4.69) is 15.6 Å². The number of nitrogens with one attached hydrogen (secondary N) is 2. The van der Waals surface area contributed by atoms with Gasteiger partial charge in [-0.25, -0.2) is 4.98 Å². The van der Waals surface area contributed by atoms with Crippen molar-refractivity contribution in [1.82, 2.24) is 4.98 Å². The van der Waals surface area contributed by atoms with Crippen LogP contribution in [0.15, 0.2) is 24.3 Å². The van der Waals surface area contributed by atoms with Crippen molar-refractivity contribution in [2.75, 3.05) is 17.7 Å². The van der Waals surface area contributed by atoms with Gasteiger partial charge in [0.25, 0.3) is 5.91 Å². The van der Waals surface area contributed by atoms with Crippen molar-refractivity contribution in [3.63, 3.8) is 0 Å². The molecule has 1 saturated carbocycles. The summed E-state index contributed by atoms with van der Waals surface area (Å²) in [7, 11) is 1.61. The molecule has 1 aromatic carbocycles. The second kappa shape index (κ2) is 7.66. The van der Waals surface area contributed by atoms with Crippen molar-refractivity contribution in [2.24, 2.45) is 0 Å². The molecule has 0 bridgehead atoms. The fraction of sp³-hybridized carbons (Fsp3) is 0.444. The molecule has 0 saturated heterocycles. The average molecular weight is 345 g/mol. The number of aromatic nitrogens is 1. The number of thiazole rings is 1. The van der Waals surface area contributed by atoms with Crippen LogP contribution < -0.4 is 15.4 Å². The predicted molar refractivity (Wildman–Crippen MR) is 98.3 cm³/mol. The second-order valence-electron chi connectivity index (χ2n) is 6.10. The van der Waals surface area contributed by atoms with E-state index in [0.717, 1.165) is 10.8 Å². The number of hydrogen-bond acceptors (Lipinski definition) is 5. The van der Waals surface area contributed by atoms with Crippen LogP contribution in [0.25, 0.3) is 0 Å². The Balaban J connectivity index is 1.68. The lowest BCUT2D eigenvalue weighted by atomic mass is 9.96. The third-order valence-corrected chi connectivity index (χ3v) is 5.35. The van der Waals surface area contributed by atoms with Crippen LogP contribution in [-0.2, 0) is 0 Å². The zero-order valence-corrected chi connectivity index (χ0v) is 14.9. The molecule has 1 aliphatic rings. The number of amides is 1. The molecule has 24 heavy (non-hydrogen) atoms. The van der Waals surface area contributed by atoms with Gasteiger partial charge >= 0.3 is 0 Å². The van der Waals surface area contributed by atoms with Gasteiger partial charge in [-0.1, -0.05) is 36.7 Å². The summed E-state index contributed by atoms with van der Waals surface area (Å²) in [5, 5.41) is 7.24. The number of carbonyl (C=O) groups excluding carboxylic acids is 1. The van der Waals surface area contributed by atoms with Crippen LogP contribution >= 0.6 is 11.3 Å². The highest BCUT2D eigenvalue weighted by atomic mass is 32.1. The number of ether oxygens (including phenoxy) is 1. The van der Waals surface area contributed by atoms with Gasteiger partial charge in [-0.15, -0.1) is 0 Å². The van der Waals surface area contributed by atoms with Gasteiger partial charge in [0.2, 0.25) is 0 Å². The Morgan fingerprint density at radius 2 is 2.08 bits per heavy atom. The smallest absolute Gasteiger partial charge is 0.267 e. The highest BCUT2D eigenvalue weighted by Crippen LogP contribution is 2.28. The summed E-state index contributed by atoms with van der Waals surface area (Å²) in [5.74, 6) is 0.587. The fourth-order valence-corrected chi connectivity index (χ4v) is 3.92. The van der Waals surface area contributed by atoms with Gasteiger partial charge < -0.3 is 15.4 Å². The molecule has 0 aliphatic heterocycles. The van der Waals surface area contributed by atoms with E-state index < -0.39 is 0 Å². The Morgan fingerprint density at radius 3 is 2.83 bits per heavy atom. The molecule has 0 radical (unpaired) electrons. The Morgan fingerprint density at radius 1 is 1.29 bits per heavy atom. The first-order valence-electron chi connectivity index (χ1n) is 8.35. The summed E-state index contributed by atoms with van der Waals surface area (Å²) < 4.78 is 5.18. The third kappa shape index (κ3) is 4.06. The molecule has 1 fully saturated rings. The molecule has 3 rings (SSSR count). The average Bonchev–Trinajstić information content (AvgIpc) is 2.96. The number of nitrogens with zero attached hydrogens (tertiary/aromatic N) is 1. The zero-order valence-electron chi connectivity index (χ0n) is 14.1. The Labute approximate surface area is 146 Å². The van der Waals surface area contributed by atoms with E-state index in [9.17, 15) is 4.79 Å². The highest BCUT2D eigenvalue weighted by molar-refractivity contribution is 7.17. The maximum atomic E-state index is 12.5. The van der Waals surface area contributed by atoms with Crippen LogP contribution in [0, 0.1) is 6.92 Å². The molecular formula is C18H23N3O2S. The monoisotopic (exact) mass is 345 g/mol. The number of benzene rings is 1. The summed E-state index contributed by atoms with van der Waals surface area (Å²) in [4.78, 5) is 17.7. The lowest BCUT2D eigenvalue weighted by molar-refractivity contribution is 0.103. The van der Waals surface area contributed by atoms with Crippen molar-refractivity contribution in [3.8, 4) is 5.75 Å². The zero-order chi connectivity index (χ0) is 16.9. The minimum atomic E-state index is -0.130. The fourth-order valence-electron chi connectivity index (χ4n) is 2.98. The molecule has 1 aliphatic carbocycles. The van der Waals surface area contributed by atoms with Gasteiger partial charge in [0.15, 0.2) is 5.13 Å². The van der Waals surface area contributed by atoms with E-state index in [1.165, 1.54) is 43.4 Å². The van der Waals surface area contributed by atoms with Crippen LogP contribution in [0.3, 0.4) is 0 Å². The highest BCUT2D eigenvalue weighted by Gasteiger charge is 2.19. The first-order valence-corrected chi connectivity index (χ1v) is 9.16. The van der Waals surface area contributed by atoms with Crippen LogP contribution in [0.1, 0.15) is 47.5 Å². The normalized spacial score (nSPS) is 15.1. The van der Waals surface area contributed by atoms with Gasteiger partial charge in [0.1, 0.15) is 10.6 Å². The van der Waals surface area contributed by atoms with Gasteiger partial charge in [0.05, 0.1) is 12.8 Å². The molecular weight excluding hydrogens is 322 g/mol. The molecule has 0 atom stereocenters. The van der Waals surface area contributed by atoms with Gasteiger partial charge in [0, 0.05) is 17.8 Å². The van der Waals surface area contributed by atoms with Crippen LogP contribution in [0.4, 0.5) is 10.8 Å². The molecule has 2 N–H and O–H groups in total. The summed E-state index contributed by atoms with van der Waals surface area (Å²) in [6, 6.07) is 7.83. The van der Waals surface area contributed by atoms with E-state index in [1.54, 1.807) is 13.2 Å². The number of aryl methyl sites for hydroxylation is 1. The summed E-state index contributed by atoms with van der Waals surface area (Å²) >= 11 is 1.42. The van der Waals surface area contributed by atoms with Crippen molar-refractivity contribution >= 4 is 28.1 Å². The Hall–Kier alpha value is -2.08. The molecule has 2 aromatic rings. The number of anilines is 2. The number of methoxy groups -OCH3 is 1. The maximum absolute atomic E-state index is 12.5. The molecule has 1 amide bonds. The summed E-state index contributed by atoms with van der Waals surface area (Å²) in [6.45, 7) is 1.88. The van der Waals surface area contributed by atoms with E-state index in [0.29, 0.717) is 22.4 Å². The van der Waals surface area contributed by atoms with Crippen LogP contribution in [-0.4, -0.2) is 24.0 Å². The van der Waals surface area contributed by atoms with Crippen molar-refractivity contribution < 1.29 is 9.53 Å². The quantitative estimate of drug-likeness (QED) is 0.840. The van der Waals surface area contributed by atoms with Gasteiger partial charge in [-0.3, -0.25) is 4.79 Å². The van der Waals surface area contributed by atoms with Crippen LogP contribution in [0.2, 0.25) is 0 Å². The Bertz CT molecular complexity index is 708. The van der Waals surface area contributed by atoms with Crippen molar-refractivity contribution in [1.29, 1.82) is 0 Å². The molecule has 1 heterocycles. The van der Waals surface area contributed by atoms with E-state index in [4.69, 9.17) is 4.74 Å². The third-order valence-electron chi connectivity index (χ3n) is 4.26. The van der Waals surface area contributed by atoms with Crippen molar-refractivity contribution in [3.05, 3.63) is 34.8 Å². The van der Waals surface area contributed by atoms with Gasteiger partial charge in [-0.05, 0) is 31.9 Å². The first kappa shape index (κ1) is 16.8. The molecule has 0 spiro atoms. The SMILES string of the molecule is COc1cccc(NC(=O)c2sc(NC3CCCCC3)nc2C)c1. The lowest BCUT2D eigenvalue weighted by Crippen LogP contribution is -2.21. The summed E-state index contributed by atoms with van der Waals surface area (Å²) in [5.41, 5.74) is 1.48. The Kier molecular flexibility index (Phi) is 5.35. The number of carbonyl (C=O) groups is 1. The number of hydrogen-bond donors (Lipinski definition) is 2. The molecule has 1 aromatic heterocycles. The summed E-state index contributed by atoms with van der Waals surface area (Å²) in [6.07, 6.45) is 6.23. The van der Waals surface area contributed by atoms with E-state index in [-0.39, 0.29) is 5.91 Å². The first-order chi connectivity index (χ1) is 11.7. The van der Waals surface area contributed by atoms with Gasteiger partial charge in [-0.2, -0.15) is 0 Å². The van der Waals surface area contributed by atoms with Crippen LogP contribution in [0.5, 0.6) is 5.75 Å². The second-order valence-corrected chi connectivity index (χ2v) is 7.10. The minimum Gasteiger partial charge on any atom is -0.497 e. The van der Waals surface area contributed by atoms with E-state index >= 15 is 0 Å². The standard InChI is InChI=1S/C18H23N3O2S/c1-12-16(17(22)20-14-9-6-10-15(11-14)23-2)24-18(19-12)21-13-7-4-3-5-8-13/h6,9-11,13H,3-5,7-8H2,1-2H3,(H,19,21)(H,20,22). The lowest BCUT2D eigenvalue weighted by Gasteiger charge is -2.22. The molecule has 128 valence electrons. The molecule has 0 unspecified atom stereocenters. The predicted octanol–water partition coefficient (Wildman–Crippen LogP) is 4.46. The number of rotatable bonds is 5. The van der Waals surface area contributed by atoms with E-state index in [1.807, 2.05) is 25.1 Å². The topological polar surface area (TPSA) is 63.2 Å². The maximum Gasteiger partial charge on any atom is 0.267 e. The minimum absolute atomic E-state index is 0.130.